The smallest absolute Gasteiger partial charge is 0.240 e. The van der Waals surface area contributed by atoms with E-state index in [0.717, 1.165) is 16.9 Å². The van der Waals surface area contributed by atoms with Crippen molar-refractivity contribution in [3.05, 3.63) is 23.6 Å². The molecule has 0 aliphatic carbocycles. The third-order valence-electron chi connectivity index (χ3n) is 3.05. The Kier molecular flexibility index (Phi) is 2.87. The van der Waals surface area contributed by atoms with E-state index >= 15 is 0 Å². The number of benzene rings is 1. The van der Waals surface area contributed by atoms with E-state index < -0.39 is 0 Å². The van der Waals surface area contributed by atoms with Crippen molar-refractivity contribution in [3.63, 3.8) is 0 Å². The number of hydrogen-bond acceptors (Lipinski definition) is 6. The summed E-state index contributed by atoms with van der Waals surface area (Å²) in [4.78, 5) is 4.27. The molecule has 1 aromatic carbocycles. The molecule has 1 aromatic heterocycles. The fourth-order valence-corrected chi connectivity index (χ4v) is 2.08. The number of hydrogen-bond donors (Lipinski definition) is 1. The lowest BCUT2D eigenvalue weighted by Gasteiger charge is -2.11. The first-order valence-corrected chi connectivity index (χ1v) is 6.15. The second-order valence-corrected chi connectivity index (χ2v) is 4.66. The second-order valence-electron chi connectivity index (χ2n) is 4.66. The van der Waals surface area contributed by atoms with Gasteiger partial charge in [0.25, 0.3) is 0 Å². The largest absolute Gasteiger partial charge is 0.454 e. The van der Waals surface area contributed by atoms with Gasteiger partial charge in [-0.2, -0.15) is 4.98 Å². The molecule has 1 aliphatic rings. The van der Waals surface area contributed by atoms with Crippen molar-refractivity contribution in [2.45, 2.75) is 26.3 Å². The summed E-state index contributed by atoms with van der Waals surface area (Å²) >= 11 is 0. The number of nitrogens with two attached hydrogens (primary N) is 1. The van der Waals surface area contributed by atoms with E-state index in [2.05, 4.69) is 24.0 Å². The molecule has 0 saturated carbocycles. The summed E-state index contributed by atoms with van der Waals surface area (Å²) in [6.07, 6.45) is 0. The highest BCUT2D eigenvalue weighted by atomic mass is 16.7. The first-order chi connectivity index (χ1) is 9.19. The standard InChI is InChI=1S/C13H15N3O3/c1-7(2)8-3-10-11(18-6-17-10)4-9(8)13-15-12(5-14)19-16-13/h3-4,7H,5-6,14H2,1-2H3. The summed E-state index contributed by atoms with van der Waals surface area (Å²) in [6, 6.07) is 3.86. The molecule has 0 amide bonds. The molecule has 3 rings (SSSR count). The van der Waals surface area contributed by atoms with E-state index in [1.807, 2.05) is 12.1 Å². The molecule has 2 heterocycles. The Morgan fingerprint density at radius 3 is 2.63 bits per heavy atom. The molecule has 0 radical (unpaired) electrons. The minimum atomic E-state index is 0.231. The molecule has 19 heavy (non-hydrogen) atoms. The third-order valence-corrected chi connectivity index (χ3v) is 3.05. The molecule has 0 atom stereocenters. The molecule has 2 N–H and O–H groups in total. The zero-order valence-electron chi connectivity index (χ0n) is 10.8. The summed E-state index contributed by atoms with van der Waals surface area (Å²) < 4.78 is 15.9. The van der Waals surface area contributed by atoms with Crippen molar-refractivity contribution in [2.75, 3.05) is 6.79 Å². The highest BCUT2D eigenvalue weighted by molar-refractivity contribution is 5.67. The van der Waals surface area contributed by atoms with E-state index in [4.69, 9.17) is 19.7 Å². The maximum absolute atomic E-state index is 5.49. The summed E-state index contributed by atoms with van der Waals surface area (Å²) in [6.45, 7) is 4.68. The average Bonchev–Trinajstić information content (AvgIpc) is 3.05. The molecule has 0 spiro atoms. The zero-order chi connectivity index (χ0) is 13.4. The van der Waals surface area contributed by atoms with Crippen LogP contribution in [0.25, 0.3) is 11.4 Å². The predicted molar refractivity (Wildman–Crippen MR) is 67.8 cm³/mol. The van der Waals surface area contributed by atoms with E-state index in [1.165, 1.54) is 0 Å². The number of fused-ring (bicyclic) bond motifs is 1. The van der Waals surface area contributed by atoms with Crippen molar-refractivity contribution in [3.8, 4) is 22.9 Å². The van der Waals surface area contributed by atoms with Crippen molar-refractivity contribution < 1.29 is 14.0 Å². The summed E-state index contributed by atoms with van der Waals surface area (Å²) in [5, 5.41) is 3.96. The van der Waals surface area contributed by atoms with Gasteiger partial charge in [0.05, 0.1) is 6.54 Å². The van der Waals surface area contributed by atoms with Crippen LogP contribution in [0.3, 0.4) is 0 Å². The minimum absolute atomic E-state index is 0.231. The molecular formula is C13H15N3O3. The van der Waals surface area contributed by atoms with Gasteiger partial charge in [0.1, 0.15) is 0 Å². The SMILES string of the molecule is CC(C)c1cc2c(cc1-c1noc(CN)n1)OCO2. The van der Waals surface area contributed by atoms with Gasteiger partial charge >= 0.3 is 0 Å². The summed E-state index contributed by atoms with van der Waals surface area (Å²) in [5.41, 5.74) is 7.47. The lowest BCUT2D eigenvalue weighted by molar-refractivity contribution is 0.174. The van der Waals surface area contributed by atoms with Gasteiger partial charge in [-0.25, -0.2) is 0 Å². The number of nitrogens with zero attached hydrogens (tertiary/aromatic N) is 2. The molecule has 2 aromatic rings. The number of ether oxygens (including phenoxy) is 2. The molecule has 0 bridgehead atoms. The van der Waals surface area contributed by atoms with E-state index in [1.54, 1.807) is 0 Å². The van der Waals surface area contributed by atoms with Crippen molar-refractivity contribution in [2.24, 2.45) is 5.73 Å². The van der Waals surface area contributed by atoms with Gasteiger partial charge in [-0.15, -0.1) is 0 Å². The topological polar surface area (TPSA) is 83.4 Å². The normalized spacial score (nSPS) is 13.3. The van der Waals surface area contributed by atoms with Crippen LogP contribution in [-0.4, -0.2) is 16.9 Å². The minimum Gasteiger partial charge on any atom is -0.454 e. The molecule has 6 heteroatoms. The van der Waals surface area contributed by atoms with Crippen LogP contribution in [0.4, 0.5) is 0 Å². The van der Waals surface area contributed by atoms with Crippen LogP contribution < -0.4 is 15.2 Å². The van der Waals surface area contributed by atoms with E-state index in [0.29, 0.717) is 23.4 Å². The van der Waals surface area contributed by atoms with Gasteiger partial charge in [0.15, 0.2) is 11.5 Å². The van der Waals surface area contributed by atoms with Crippen molar-refractivity contribution in [1.29, 1.82) is 0 Å². The van der Waals surface area contributed by atoms with Gasteiger partial charge in [0, 0.05) is 5.56 Å². The molecule has 0 saturated heterocycles. The van der Waals surface area contributed by atoms with Crippen LogP contribution >= 0.6 is 0 Å². The summed E-state index contributed by atoms with van der Waals surface area (Å²) in [5.74, 6) is 2.72. The van der Waals surface area contributed by atoms with Crippen LogP contribution in [0.1, 0.15) is 31.2 Å². The Morgan fingerprint density at radius 1 is 1.26 bits per heavy atom. The van der Waals surface area contributed by atoms with Gasteiger partial charge in [-0.3, -0.25) is 0 Å². The first kappa shape index (κ1) is 12.0. The van der Waals surface area contributed by atoms with Crippen LogP contribution in [0.2, 0.25) is 0 Å². The van der Waals surface area contributed by atoms with E-state index in [9.17, 15) is 0 Å². The van der Waals surface area contributed by atoms with Crippen molar-refractivity contribution in [1.82, 2.24) is 10.1 Å². The van der Waals surface area contributed by atoms with Crippen LogP contribution in [0, 0.1) is 0 Å². The Bertz CT molecular complexity index is 607. The number of aromatic nitrogens is 2. The van der Waals surface area contributed by atoms with Crippen molar-refractivity contribution >= 4 is 0 Å². The summed E-state index contributed by atoms with van der Waals surface area (Å²) in [7, 11) is 0. The monoisotopic (exact) mass is 261 g/mol. The van der Waals surface area contributed by atoms with Crippen LogP contribution in [0.5, 0.6) is 11.5 Å². The molecule has 1 aliphatic heterocycles. The number of rotatable bonds is 3. The lowest BCUT2D eigenvalue weighted by Crippen LogP contribution is -1.97. The van der Waals surface area contributed by atoms with Gasteiger partial charge < -0.3 is 19.7 Å². The first-order valence-electron chi connectivity index (χ1n) is 6.15. The molecular weight excluding hydrogens is 246 g/mol. The van der Waals surface area contributed by atoms with Gasteiger partial charge in [-0.05, 0) is 23.6 Å². The molecule has 0 unspecified atom stereocenters. The average molecular weight is 261 g/mol. The maximum Gasteiger partial charge on any atom is 0.240 e. The maximum atomic E-state index is 5.49. The Hall–Kier alpha value is -2.08. The Morgan fingerprint density at radius 2 is 2.00 bits per heavy atom. The molecule has 0 fully saturated rings. The lowest BCUT2D eigenvalue weighted by atomic mass is 9.96. The fourth-order valence-electron chi connectivity index (χ4n) is 2.08. The molecule has 6 nitrogen and oxygen atoms in total. The fraction of sp³-hybridized carbons (Fsp3) is 0.385. The second kappa shape index (κ2) is 4.55. The Labute approximate surface area is 110 Å². The zero-order valence-corrected chi connectivity index (χ0v) is 10.8. The van der Waals surface area contributed by atoms with Gasteiger partial charge in [-0.1, -0.05) is 19.0 Å². The Balaban J connectivity index is 2.13. The predicted octanol–water partition coefficient (Wildman–Crippen LogP) is 2.05. The van der Waals surface area contributed by atoms with Gasteiger partial charge in [0.2, 0.25) is 18.5 Å². The third kappa shape index (κ3) is 2.04. The van der Waals surface area contributed by atoms with Crippen LogP contribution in [0.15, 0.2) is 16.7 Å². The highest BCUT2D eigenvalue weighted by Crippen LogP contribution is 2.40. The van der Waals surface area contributed by atoms with E-state index in [-0.39, 0.29) is 13.3 Å². The molecule has 100 valence electrons. The quantitative estimate of drug-likeness (QED) is 0.910. The highest BCUT2D eigenvalue weighted by Gasteiger charge is 2.21. The van der Waals surface area contributed by atoms with Crippen LogP contribution in [-0.2, 0) is 6.54 Å².